The minimum absolute atomic E-state index is 0.212. The fraction of sp³-hybridized carbons (Fsp3) is 0.462. The maximum Gasteiger partial charge on any atom is 0.138 e. The number of alkyl halides is 1. The Morgan fingerprint density at radius 3 is 2.62 bits per heavy atom. The Morgan fingerprint density at radius 1 is 1.44 bits per heavy atom. The molecule has 0 saturated heterocycles. The van der Waals surface area contributed by atoms with Gasteiger partial charge in [-0.3, -0.25) is 0 Å². The van der Waals surface area contributed by atoms with Crippen LogP contribution in [0.5, 0.6) is 5.75 Å². The molecule has 2 rings (SSSR count). The average molecular weight is 239 g/mol. The fourth-order valence-corrected chi connectivity index (χ4v) is 2.77. The van der Waals surface area contributed by atoms with Crippen molar-refractivity contribution in [3.8, 4) is 5.75 Å². The van der Waals surface area contributed by atoms with Crippen LogP contribution in [0, 0.1) is 0 Å². The first kappa shape index (κ1) is 11.5. The first-order valence-electron chi connectivity index (χ1n) is 5.47. The summed E-state index contributed by atoms with van der Waals surface area (Å²) in [5.41, 5.74) is 0.853. The van der Waals surface area contributed by atoms with Gasteiger partial charge in [-0.1, -0.05) is 24.6 Å². The SMILES string of the molecule is COc1ccccc1C1(C(Cl)C=O)CCC1. The molecule has 1 unspecified atom stereocenters. The molecule has 1 aromatic carbocycles. The summed E-state index contributed by atoms with van der Waals surface area (Å²) in [4.78, 5) is 10.9. The summed E-state index contributed by atoms with van der Waals surface area (Å²) < 4.78 is 5.35. The third kappa shape index (κ3) is 1.61. The number of rotatable bonds is 4. The predicted molar refractivity (Wildman–Crippen MR) is 64.2 cm³/mol. The molecule has 0 aliphatic heterocycles. The lowest BCUT2D eigenvalue weighted by molar-refractivity contribution is -0.109. The molecule has 3 heteroatoms. The second-order valence-electron chi connectivity index (χ2n) is 4.25. The minimum Gasteiger partial charge on any atom is -0.496 e. The monoisotopic (exact) mass is 238 g/mol. The van der Waals surface area contributed by atoms with Crippen molar-refractivity contribution in [3.63, 3.8) is 0 Å². The number of methoxy groups -OCH3 is 1. The van der Waals surface area contributed by atoms with Gasteiger partial charge in [0.15, 0.2) is 0 Å². The van der Waals surface area contributed by atoms with Crippen molar-refractivity contribution in [3.05, 3.63) is 29.8 Å². The maximum absolute atomic E-state index is 10.9. The van der Waals surface area contributed by atoms with Crippen LogP contribution in [0.3, 0.4) is 0 Å². The molecule has 1 aliphatic carbocycles. The van der Waals surface area contributed by atoms with Crippen LogP contribution in [0.25, 0.3) is 0 Å². The van der Waals surface area contributed by atoms with Gasteiger partial charge in [-0.15, -0.1) is 11.6 Å². The molecule has 86 valence electrons. The number of hydrogen-bond acceptors (Lipinski definition) is 2. The number of carbonyl (C=O) groups excluding carboxylic acids is 1. The highest BCUT2D eigenvalue weighted by Gasteiger charge is 2.46. The van der Waals surface area contributed by atoms with E-state index in [0.29, 0.717) is 0 Å². The number of para-hydroxylation sites is 1. The normalized spacial score (nSPS) is 19.6. The summed E-state index contributed by atoms with van der Waals surface area (Å²) in [5, 5.41) is -0.461. The standard InChI is InChI=1S/C13H15ClO2/c1-16-11-6-3-2-5-10(11)13(7-4-8-13)12(14)9-15/h2-3,5-6,9,12H,4,7-8H2,1H3. The topological polar surface area (TPSA) is 26.3 Å². The molecule has 0 amide bonds. The lowest BCUT2D eigenvalue weighted by Gasteiger charge is -2.44. The van der Waals surface area contributed by atoms with Crippen molar-refractivity contribution in [1.29, 1.82) is 0 Å². The molecule has 0 radical (unpaired) electrons. The first-order chi connectivity index (χ1) is 7.74. The van der Waals surface area contributed by atoms with Crippen molar-refractivity contribution in [2.45, 2.75) is 30.1 Å². The number of ether oxygens (including phenoxy) is 1. The zero-order valence-corrected chi connectivity index (χ0v) is 10.0. The van der Waals surface area contributed by atoms with Gasteiger partial charge < -0.3 is 9.53 Å². The summed E-state index contributed by atoms with van der Waals surface area (Å²) in [6, 6.07) is 7.83. The van der Waals surface area contributed by atoms with Crippen molar-refractivity contribution in [1.82, 2.24) is 0 Å². The summed E-state index contributed by atoms with van der Waals surface area (Å²) in [7, 11) is 1.65. The Bertz CT molecular complexity index is 385. The first-order valence-corrected chi connectivity index (χ1v) is 5.91. The number of hydrogen-bond donors (Lipinski definition) is 0. The van der Waals surface area contributed by atoms with Crippen molar-refractivity contribution < 1.29 is 9.53 Å². The third-order valence-corrected chi connectivity index (χ3v) is 4.06. The Morgan fingerprint density at radius 2 is 2.12 bits per heavy atom. The van der Waals surface area contributed by atoms with E-state index < -0.39 is 5.38 Å². The Hall–Kier alpha value is -1.02. The van der Waals surface area contributed by atoms with Crippen LogP contribution >= 0.6 is 11.6 Å². The highest BCUT2D eigenvalue weighted by atomic mass is 35.5. The second-order valence-corrected chi connectivity index (χ2v) is 4.72. The third-order valence-electron chi connectivity index (χ3n) is 3.54. The lowest BCUT2D eigenvalue weighted by Crippen LogP contribution is -2.43. The van der Waals surface area contributed by atoms with Crippen molar-refractivity contribution in [2.24, 2.45) is 0 Å². The number of aldehydes is 1. The largest absolute Gasteiger partial charge is 0.496 e. The van der Waals surface area contributed by atoms with Crippen LogP contribution < -0.4 is 4.74 Å². The van der Waals surface area contributed by atoms with Gasteiger partial charge in [-0.2, -0.15) is 0 Å². The lowest BCUT2D eigenvalue weighted by atomic mass is 9.62. The van der Waals surface area contributed by atoms with Gasteiger partial charge in [0, 0.05) is 11.0 Å². The Kier molecular flexibility index (Phi) is 3.20. The predicted octanol–water partition coefficient (Wildman–Crippen LogP) is 2.92. The van der Waals surface area contributed by atoms with Crippen LogP contribution in [0.15, 0.2) is 24.3 Å². The van der Waals surface area contributed by atoms with Crippen LogP contribution in [0.2, 0.25) is 0 Å². The molecule has 0 N–H and O–H groups in total. The van der Waals surface area contributed by atoms with E-state index in [0.717, 1.165) is 36.9 Å². The van der Waals surface area contributed by atoms with E-state index in [1.165, 1.54) is 0 Å². The summed E-state index contributed by atoms with van der Waals surface area (Å²) in [6.45, 7) is 0. The van der Waals surface area contributed by atoms with E-state index in [1.807, 2.05) is 24.3 Å². The summed E-state index contributed by atoms with van der Waals surface area (Å²) in [5.74, 6) is 0.828. The van der Waals surface area contributed by atoms with Crippen LogP contribution in [0.1, 0.15) is 24.8 Å². The van der Waals surface area contributed by atoms with Crippen molar-refractivity contribution in [2.75, 3.05) is 7.11 Å². The van der Waals surface area contributed by atoms with E-state index in [1.54, 1.807) is 7.11 Å². The zero-order valence-electron chi connectivity index (χ0n) is 9.28. The molecule has 0 bridgehead atoms. The fourth-order valence-electron chi connectivity index (χ4n) is 2.44. The highest BCUT2D eigenvalue weighted by Crippen LogP contribution is 2.50. The quantitative estimate of drug-likeness (QED) is 0.596. The Labute approximate surface area is 101 Å². The molecule has 0 spiro atoms. The van der Waals surface area contributed by atoms with Crippen molar-refractivity contribution >= 4 is 17.9 Å². The molecule has 0 aromatic heterocycles. The van der Waals surface area contributed by atoms with Gasteiger partial charge in [-0.25, -0.2) is 0 Å². The number of halogens is 1. The molecule has 2 nitrogen and oxygen atoms in total. The molecular formula is C13H15ClO2. The van der Waals surface area contributed by atoms with Crippen LogP contribution in [-0.4, -0.2) is 18.8 Å². The van der Waals surface area contributed by atoms with E-state index in [4.69, 9.17) is 16.3 Å². The molecule has 1 fully saturated rings. The zero-order chi connectivity index (χ0) is 11.6. The molecule has 1 atom stereocenters. The molecule has 1 aromatic rings. The van der Waals surface area contributed by atoms with Crippen LogP contribution in [0.4, 0.5) is 0 Å². The number of benzene rings is 1. The van der Waals surface area contributed by atoms with E-state index in [9.17, 15) is 4.79 Å². The highest BCUT2D eigenvalue weighted by molar-refractivity contribution is 6.28. The second kappa shape index (κ2) is 4.46. The van der Waals surface area contributed by atoms with Crippen LogP contribution in [-0.2, 0) is 10.2 Å². The van der Waals surface area contributed by atoms with Gasteiger partial charge in [0.05, 0.1) is 12.5 Å². The summed E-state index contributed by atoms with van der Waals surface area (Å²) >= 11 is 6.16. The molecule has 1 aliphatic rings. The van der Waals surface area contributed by atoms with E-state index in [2.05, 4.69) is 0 Å². The van der Waals surface area contributed by atoms with Gasteiger partial charge in [0.2, 0.25) is 0 Å². The van der Waals surface area contributed by atoms with Gasteiger partial charge in [0.25, 0.3) is 0 Å². The molecular weight excluding hydrogens is 224 g/mol. The molecule has 0 heterocycles. The van der Waals surface area contributed by atoms with Gasteiger partial charge in [-0.05, 0) is 18.9 Å². The smallest absolute Gasteiger partial charge is 0.138 e. The minimum atomic E-state index is -0.461. The summed E-state index contributed by atoms with van der Waals surface area (Å²) in [6.07, 6.45) is 3.88. The van der Waals surface area contributed by atoms with Gasteiger partial charge in [0.1, 0.15) is 12.0 Å². The Balaban J connectivity index is 2.44. The van der Waals surface area contributed by atoms with Gasteiger partial charge >= 0.3 is 0 Å². The van der Waals surface area contributed by atoms with E-state index in [-0.39, 0.29) is 5.41 Å². The molecule has 16 heavy (non-hydrogen) atoms. The number of carbonyl (C=O) groups is 1. The molecule has 1 saturated carbocycles. The van der Waals surface area contributed by atoms with E-state index >= 15 is 0 Å². The average Bonchev–Trinajstić information content (AvgIpc) is 2.28. The maximum atomic E-state index is 10.9.